The summed E-state index contributed by atoms with van der Waals surface area (Å²) >= 11 is 5.54. The number of hydrogen-bond acceptors (Lipinski definition) is 7. The van der Waals surface area contributed by atoms with Crippen LogP contribution in [0.4, 0.5) is 5.69 Å². The highest BCUT2D eigenvalue weighted by atomic mass is 127. The summed E-state index contributed by atoms with van der Waals surface area (Å²) in [5.41, 5.74) is 0.521. The first-order valence-corrected chi connectivity index (χ1v) is 10.7. The summed E-state index contributed by atoms with van der Waals surface area (Å²) in [6.45, 7) is -1.90. The van der Waals surface area contributed by atoms with Gasteiger partial charge in [0.15, 0.2) is 6.29 Å². The van der Waals surface area contributed by atoms with Crippen molar-refractivity contribution < 1.29 is 39.2 Å². The van der Waals surface area contributed by atoms with E-state index in [-0.39, 0.29) is 23.4 Å². The maximum Gasteiger partial charge on any atom is 0.329 e. The number of aldehydes is 1. The largest absolute Gasteiger partial charge is 0.480 e. The Morgan fingerprint density at radius 1 is 1.11 bits per heavy atom. The van der Waals surface area contributed by atoms with Gasteiger partial charge in [-0.3, -0.25) is 14.4 Å². The fraction of sp³-hybridized carbons (Fsp3) is 0.333. The molecule has 0 saturated carbocycles. The van der Waals surface area contributed by atoms with Crippen molar-refractivity contribution in [1.29, 1.82) is 0 Å². The van der Waals surface area contributed by atoms with Crippen LogP contribution in [0.3, 0.4) is 0 Å². The van der Waals surface area contributed by atoms with Gasteiger partial charge in [0, 0.05) is 19.2 Å². The minimum atomic E-state index is -1.22. The molecule has 2 amide bonds. The predicted octanol–water partition coefficient (Wildman–Crippen LogP) is 0.436. The maximum absolute atomic E-state index is 12.5. The van der Waals surface area contributed by atoms with E-state index in [4.69, 9.17) is 14.9 Å². The Labute approximate surface area is 200 Å². The fourth-order valence-electron chi connectivity index (χ4n) is 1.87. The number of benzene rings is 1. The van der Waals surface area contributed by atoms with Gasteiger partial charge in [-0.15, -0.1) is 0 Å². The maximum atomic E-state index is 12.5. The Hall–Kier alpha value is -0.630. The van der Waals surface area contributed by atoms with Crippen LogP contribution in [0.1, 0.15) is 20.7 Å². The molecule has 28 heavy (non-hydrogen) atoms. The molecule has 5 N–H and O–H groups in total. The summed E-state index contributed by atoms with van der Waals surface area (Å²) in [6, 6.07) is 0. The van der Waals surface area contributed by atoms with Crippen LogP contribution in [0.5, 0.6) is 0 Å². The zero-order valence-electron chi connectivity index (χ0n) is 14.0. The highest BCUT2D eigenvalue weighted by Crippen LogP contribution is 2.34. The van der Waals surface area contributed by atoms with Gasteiger partial charge in [-0.1, -0.05) is 0 Å². The molecule has 10 nitrogen and oxygen atoms in total. The number of aliphatic carboxylic acids is 1. The van der Waals surface area contributed by atoms with Gasteiger partial charge in [0.25, 0.3) is 5.91 Å². The number of rotatable bonds is 10. The number of anilines is 1. The van der Waals surface area contributed by atoms with Crippen molar-refractivity contribution in [2.45, 2.75) is 6.10 Å². The number of nitrogens with one attached hydrogen (secondary N) is 2. The molecule has 0 radical (unpaired) electrons. The molecule has 0 aromatic heterocycles. The molecule has 0 aliphatic rings. The first-order chi connectivity index (χ1) is 13.1. The summed E-state index contributed by atoms with van der Waals surface area (Å²) < 4.78 is 5.83. The Bertz CT molecular complexity index is 787. The number of carbonyl (C=O) groups excluding carboxylic acids is 3. The average molecular weight is 732 g/mol. The standard InChI is InChI=1S/C15H15I3N2O8/c16-11-7(3-22)12(17)14(20-8(24)4-28-5-9(25)26)13(18)10(11)15(27)19-1-6(23)2-21/h3,6,21,23H,1-2,4-5H2,(H,19,27)(H,20,24)(H,25,26). The number of aliphatic hydroxyl groups excluding tert-OH is 2. The van der Waals surface area contributed by atoms with E-state index in [1.807, 2.05) is 67.8 Å². The smallest absolute Gasteiger partial charge is 0.329 e. The number of aliphatic hydroxyl groups is 2. The van der Waals surface area contributed by atoms with Crippen molar-refractivity contribution in [2.24, 2.45) is 0 Å². The molecule has 13 heteroatoms. The Balaban J connectivity index is 3.20. The second kappa shape index (κ2) is 12.2. The average Bonchev–Trinajstić information content (AvgIpc) is 2.63. The first kappa shape index (κ1) is 25.4. The van der Waals surface area contributed by atoms with Gasteiger partial charge in [0.05, 0.1) is 27.5 Å². The highest BCUT2D eigenvalue weighted by Gasteiger charge is 2.25. The number of carboxylic acid groups (broad SMARTS) is 1. The molecule has 154 valence electrons. The van der Waals surface area contributed by atoms with Crippen LogP contribution in [0, 0.1) is 10.7 Å². The number of hydrogen-bond donors (Lipinski definition) is 5. The SMILES string of the molecule is O=Cc1c(I)c(NC(=O)COCC(=O)O)c(I)c(C(=O)NCC(O)CO)c1I. The minimum absolute atomic E-state index is 0.121. The van der Waals surface area contributed by atoms with Gasteiger partial charge in [0.1, 0.15) is 13.2 Å². The van der Waals surface area contributed by atoms with Gasteiger partial charge >= 0.3 is 5.97 Å². The predicted molar refractivity (Wildman–Crippen MR) is 122 cm³/mol. The molecule has 1 atom stereocenters. The lowest BCUT2D eigenvalue weighted by Crippen LogP contribution is -2.35. The number of ether oxygens (including phenoxy) is 1. The summed E-state index contributed by atoms with van der Waals surface area (Å²) in [6.07, 6.45) is -0.588. The van der Waals surface area contributed by atoms with Crippen LogP contribution in [0.25, 0.3) is 0 Å². The lowest BCUT2D eigenvalue weighted by atomic mass is 10.1. The number of carbonyl (C=O) groups is 4. The van der Waals surface area contributed by atoms with Gasteiger partial charge in [0.2, 0.25) is 5.91 Å². The third-order valence-corrected chi connectivity index (χ3v) is 6.45. The van der Waals surface area contributed by atoms with E-state index in [0.717, 1.165) is 0 Å². The fourth-order valence-corrected chi connectivity index (χ4v) is 6.05. The lowest BCUT2D eigenvalue weighted by Gasteiger charge is -2.18. The second-order valence-electron chi connectivity index (χ2n) is 5.20. The molecule has 1 rings (SSSR count). The molecule has 1 unspecified atom stereocenters. The zero-order chi connectivity index (χ0) is 21.4. The van der Waals surface area contributed by atoms with Crippen LogP contribution in [0.2, 0.25) is 0 Å². The number of amides is 2. The Kier molecular flexibility index (Phi) is 11.0. The van der Waals surface area contributed by atoms with Crippen LogP contribution < -0.4 is 10.6 Å². The van der Waals surface area contributed by atoms with Crippen LogP contribution in [-0.2, 0) is 14.3 Å². The normalized spacial score (nSPS) is 11.6. The quantitative estimate of drug-likeness (QED) is 0.171. The number of halogens is 3. The van der Waals surface area contributed by atoms with E-state index < -0.39 is 43.7 Å². The van der Waals surface area contributed by atoms with Crippen molar-refractivity contribution in [3.63, 3.8) is 0 Å². The topological polar surface area (TPSA) is 162 Å². The molecule has 0 aliphatic heterocycles. The second-order valence-corrected chi connectivity index (χ2v) is 8.44. The minimum Gasteiger partial charge on any atom is -0.480 e. The molecule has 0 bridgehead atoms. The van der Waals surface area contributed by atoms with E-state index in [9.17, 15) is 24.3 Å². The summed E-state index contributed by atoms with van der Waals surface area (Å²) in [7, 11) is 0. The zero-order valence-corrected chi connectivity index (χ0v) is 20.5. The monoisotopic (exact) mass is 732 g/mol. The third-order valence-electron chi connectivity index (χ3n) is 3.13. The molecule has 0 heterocycles. The lowest BCUT2D eigenvalue weighted by molar-refractivity contribution is -0.143. The Morgan fingerprint density at radius 2 is 1.75 bits per heavy atom. The highest BCUT2D eigenvalue weighted by molar-refractivity contribution is 14.1. The van der Waals surface area contributed by atoms with E-state index in [1.54, 1.807) is 0 Å². The first-order valence-electron chi connectivity index (χ1n) is 7.46. The van der Waals surface area contributed by atoms with E-state index in [1.165, 1.54) is 0 Å². The molecular weight excluding hydrogens is 717 g/mol. The van der Waals surface area contributed by atoms with E-state index >= 15 is 0 Å². The molecule has 0 spiro atoms. The van der Waals surface area contributed by atoms with E-state index in [2.05, 4.69) is 10.6 Å². The summed E-state index contributed by atoms with van der Waals surface area (Å²) in [4.78, 5) is 46.5. The van der Waals surface area contributed by atoms with Crippen molar-refractivity contribution in [3.8, 4) is 0 Å². The number of carboxylic acids is 1. The van der Waals surface area contributed by atoms with Crippen molar-refractivity contribution in [1.82, 2.24) is 5.32 Å². The van der Waals surface area contributed by atoms with Gasteiger partial charge in [-0.25, -0.2) is 4.79 Å². The Morgan fingerprint density at radius 3 is 2.29 bits per heavy atom. The van der Waals surface area contributed by atoms with Gasteiger partial charge in [-0.05, 0) is 67.8 Å². The summed E-state index contributed by atoms with van der Waals surface area (Å²) in [5, 5.41) is 31.7. The van der Waals surface area contributed by atoms with E-state index in [0.29, 0.717) is 17.0 Å². The molecule has 0 fully saturated rings. The molecule has 0 saturated heterocycles. The van der Waals surface area contributed by atoms with Crippen molar-refractivity contribution in [3.05, 3.63) is 21.8 Å². The molecule has 1 aromatic rings. The summed E-state index contributed by atoms with van der Waals surface area (Å²) in [5.74, 6) is -2.48. The molecular formula is C15H15I3N2O8. The van der Waals surface area contributed by atoms with Gasteiger partial charge < -0.3 is 30.7 Å². The van der Waals surface area contributed by atoms with Gasteiger partial charge in [-0.2, -0.15) is 0 Å². The van der Waals surface area contributed by atoms with Crippen molar-refractivity contribution in [2.75, 3.05) is 31.7 Å². The van der Waals surface area contributed by atoms with Crippen molar-refractivity contribution >= 4 is 97.5 Å². The van der Waals surface area contributed by atoms with Crippen LogP contribution >= 0.6 is 67.8 Å². The molecule has 1 aromatic carbocycles. The van der Waals surface area contributed by atoms with Crippen LogP contribution in [0.15, 0.2) is 0 Å². The third kappa shape index (κ3) is 7.01. The molecule has 0 aliphatic carbocycles. The van der Waals surface area contributed by atoms with Crippen LogP contribution in [-0.4, -0.2) is 71.9 Å².